The van der Waals surface area contributed by atoms with E-state index >= 15 is 0 Å². The fourth-order valence-electron chi connectivity index (χ4n) is 3.40. The van der Waals surface area contributed by atoms with E-state index < -0.39 is 23.4 Å². The monoisotopic (exact) mass is 522 g/mol. The molecule has 0 bridgehead atoms. The molecule has 8 nitrogen and oxygen atoms in total. The highest BCUT2D eigenvalue weighted by Crippen LogP contribution is 2.24. The Kier molecular flexibility index (Phi) is 8.70. The summed E-state index contributed by atoms with van der Waals surface area (Å²) in [6.45, 7) is 11.2. The third-order valence-corrected chi connectivity index (χ3v) is 5.40. The Morgan fingerprint density at radius 1 is 0.919 bits per heavy atom. The number of rotatable bonds is 6. The van der Waals surface area contributed by atoms with Gasteiger partial charge < -0.3 is 20.1 Å². The number of ether oxygens (including phenoxy) is 2. The molecule has 0 aliphatic rings. The second kappa shape index (κ2) is 11.6. The van der Waals surface area contributed by atoms with Gasteiger partial charge in [-0.3, -0.25) is 0 Å². The molecule has 0 aliphatic carbocycles. The maximum absolute atomic E-state index is 12.2. The third-order valence-electron chi connectivity index (χ3n) is 5.02. The highest BCUT2D eigenvalue weighted by Gasteiger charge is 2.22. The zero-order chi connectivity index (χ0) is 27.2. The van der Waals surface area contributed by atoms with E-state index in [1.165, 1.54) is 4.68 Å². The summed E-state index contributed by atoms with van der Waals surface area (Å²) in [4.78, 5) is 25.0. The number of alkyl carbamates (subject to hydrolysis) is 1. The molecule has 1 amide bonds. The van der Waals surface area contributed by atoms with Crippen LogP contribution in [0.4, 0.5) is 15.3 Å². The van der Waals surface area contributed by atoms with E-state index in [1.807, 2.05) is 75.4 Å². The van der Waals surface area contributed by atoms with Gasteiger partial charge in [0.2, 0.25) is 0 Å². The molecule has 0 radical (unpaired) electrons. The van der Waals surface area contributed by atoms with E-state index in [4.69, 9.17) is 21.7 Å². The Bertz CT molecular complexity index is 1230. The topological polar surface area (TPSA) is 94.5 Å². The fraction of sp³-hybridized carbons (Fsp3) is 0.357. The zero-order valence-electron chi connectivity index (χ0n) is 22.1. The van der Waals surface area contributed by atoms with Gasteiger partial charge in [-0.25, -0.2) is 9.59 Å². The van der Waals surface area contributed by atoms with Gasteiger partial charge in [-0.05, 0) is 64.8 Å². The average molecular weight is 523 g/mol. The first-order valence-corrected chi connectivity index (χ1v) is 12.4. The number of carbonyl (C=O) groups is 2. The van der Waals surface area contributed by atoms with E-state index in [-0.39, 0.29) is 12.5 Å². The predicted molar refractivity (Wildman–Crippen MR) is 149 cm³/mol. The van der Waals surface area contributed by atoms with Crippen LogP contribution in [0.15, 0.2) is 67.0 Å². The Balaban J connectivity index is 1.69. The van der Waals surface area contributed by atoms with Crippen molar-refractivity contribution in [2.24, 2.45) is 0 Å². The molecule has 1 heterocycles. The predicted octanol–water partition coefficient (Wildman–Crippen LogP) is 6.38. The molecule has 3 aromatic rings. The van der Waals surface area contributed by atoms with Crippen LogP contribution in [0.25, 0.3) is 11.1 Å². The SMILES string of the molecule is CC(C)(C)OC(=O)NCC(C(=S)Nc1ccc(-c2cnn(C(=O)OC(C)(C)C)c2)cc1)c1ccccc1. The molecule has 0 saturated carbocycles. The van der Waals surface area contributed by atoms with Gasteiger partial charge in [-0.1, -0.05) is 54.7 Å². The van der Waals surface area contributed by atoms with Crippen molar-refractivity contribution in [3.63, 3.8) is 0 Å². The minimum absolute atomic E-state index is 0.254. The van der Waals surface area contributed by atoms with Crippen molar-refractivity contribution in [2.45, 2.75) is 58.7 Å². The van der Waals surface area contributed by atoms with Gasteiger partial charge in [0.1, 0.15) is 11.2 Å². The lowest BCUT2D eigenvalue weighted by atomic mass is 9.98. The first-order valence-electron chi connectivity index (χ1n) is 12.0. The number of carbonyl (C=O) groups excluding carboxylic acids is 2. The summed E-state index contributed by atoms with van der Waals surface area (Å²) < 4.78 is 11.9. The lowest BCUT2D eigenvalue weighted by Gasteiger charge is -2.23. The average Bonchev–Trinajstić information content (AvgIpc) is 3.29. The molecular weight excluding hydrogens is 488 g/mol. The molecule has 2 aromatic carbocycles. The van der Waals surface area contributed by atoms with Crippen molar-refractivity contribution < 1.29 is 19.1 Å². The first-order chi connectivity index (χ1) is 17.3. The number of hydrogen-bond donors (Lipinski definition) is 2. The number of amides is 1. The molecule has 1 aromatic heterocycles. The van der Waals surface area contributed by atoms with E-state index in [9.17, 15) is 9.59 Å². The van der Waals surface area contributed by atoms with Crippen molar-refractivity contribution in [1.82, 2.24) is 15.1 Å². The Hall–Kier alpha value is -3.72. The summed E-state index contributed by atoms with van der Waals surface area (Å²) >= 11 is 5.73. The molecule has 2 N–H and O–H groups in total. The highest BCUT2D eigenvalue weighted by atomic mass is 32.1. The zero-order valence-corrected chi connectivity index (χ0v) is 22.9. The maximum atomic E-state index is 12.2. The second-order valence-corrected chi connectivity index (χ2v) is 11.0. The minimum atomic E-state index is -0.602. The van der Waals surface area contributed by atoms with Crippen molar-refractivity contribution in [3.8, 4) is 11.1 Å². The number of anilines is 1. The highest BCUT2D eigenvalue weighted by molar-refractivity contribution is 7.80. The van der Waals surface area contributed by atoms with Crippen LogP contribution in [0.1, 0.15) is 53.0 Å². The second-order valence-electron chi connectivity index (χ2n) is 10.6. The summed E-state index contributed by atoms with van der Waals surface area (Å²) in [6, 6.07) is 17.4. The smallest absolute Gasteiger partial charge is 0.435 e. The number of thiocarbonyl (C=S) groups is 1. The first kappa shape index (κ1) is 27.9. The van der Waals surface area contributed by atoms with E-state index in [2.05, 4.69) is 15.7 Å². The minimum Gasteiger partial charge on any atom is -0.444 e. The van der Waals surface area contributed by atoms with Gasteiger partial charge >= 0.3 is 12.2 Å². The number of nitrogens with zero attached hydrogens (tertiary/aromatic N) is 2. The van der Waals surface area contributed by atoms with Crippen LogP contribution in [0.2, 0.25) is 0 Å². The molecule has 0 aliphatic heterocycles. The fourth-order valence-corrected chi connectivity index (χ4v) is 3.74. The molecule has 9 heteroatoms. The number of nitrogens with one attached hydrogen (secondary N) is 2. The van der Waals surface area contributed by atoms with Gasteiger partial charge in [0.25, 0.3) is 0 Å². The molecule has 0 spiro atoms. The number of benzene rings is 2. The largest absolute Gasteiger partial charge is 0.444 e. The number of aromatic nitrogens is 2. The van der Waals surface area contributed by atoms with Gasteiger partial charge in [0, 0.05) is 24.0 Å². The molecule has 0 fully saturated rings. The van der Waals surface area contributed by atoms with Crippen molar-refractivity contribution in [1.29, 1.82) is 0 Å². The van der Waals surface area contributed by atoms with Crippen molar-refractivity contribution >= 4 is 35.1 Å². The van der Waals surface area contributed by atoms with E-state index in [0.29, 0.717) is 4.99 Å². The summed E-state index contributed by atoms with van der Waals surface area (Å²) in [5.74, 6) is -0.254. The molecule has 1 atom stereocenters. The summed E-state index contributed by atoms with van der Waals surface area (Å²) in [7, 11) is 0. The molecule has 0 saturated heterocycles. The lowest BCUT2D eigenvalue weighted by molar-refractivity contribution is 0.0508. The van der Waals surface area contributed by atoms with Crippen LogP contribution < -0.4 is 10.6 Å². The summed E-state index contributed by atoms with van der Waals surface area (Å²) in [5.41, 5.74) is 2.25. The quantitative estimate of drug-likeness (QED) is 0.363. The Morgan fingerprint density at radius 2 is 1.54 bits per heavy atom. The molecular formula is C28H34N4O4S. The van der Waals surface area contributed by atoms with Crippen LogP contribution in [-0.2, 0) is 9.47 Å². The normalized spacial score (nSPS) is 12.4. The lowest BCUT2D eigenvalue weighted by Crippen LogP contribution is -2.37. The number of hydrogen-bond acceptors (Lipinski definition) is 6. The van der Waals surface area contributed by atoms with Gasteiger partial charge in [-0.15, -0.1) is 0 Å². The van der Waals surface area contributed by atoms with Crippen LogP contribution in [0.5, 0.6) is 0 Å². The van der Waals surface area contributed by atoms with E-state index in [0.717, 1.165) is 22.4 Å². The van der Waals surface area contributed by atoms with Crippen LogP contribution in [-0.4, -0.2) is 44.7 Å². The molecule has 37 heavy (non-hydrogen) atoms. The molecule has 3 rings (SSSR count). The Labute approximate surface area is 223 Å². The Morgan fingerprint density at radius 3 is 2.14 bits per heavy atom. The standard InChI is InChI=1S/C28H34N4O4S/c1-27(2,3)35-25(33)29-17-23(20-10-8-7-9-11-20)24(37)31-22-14-12-19(13-15-22)21-16-30-32(18-21)26(34)36-28(4,5)6/h7-16,18,23H,17H2,1-6H3,(H,29,33)(H,31,37). The van der Waals surface area contributed by atoms with Crippen molar-refractivity contribution in [2.75, 3.05) is 11.9 Å². The van der Waals surface area contributed by atoms with Gasteiger partial charge in [0.05, 0.1) is 17.1 Å². The van der Waals surface area contributed by atoms with Gasteiger partial charge in [-0.2, -0.15) is 9.78 Å². The van der Waals surface area contributed by atoms with Crippen LogP contribution >= 0.6 is 12.2 Å². The van der Waals surface area contributed by atoms with Gasteiger partial charge in [0.15, 0.2) is 0 Å². The maximum Gasteiger partial charge on any atom is 0.435 e. The van der Waals surface area contributed by atoms with Crippen LogP contribution in [0.3, 0.4) is 0 Å². The van der Waals surface area contributed by atoms with E-state index in [1.54, 1.807) is 33.2 Å². The molecule has 196 valence electrons. The van der Waals surface area contributed by atoms with Crippen molar-refractivity contribution in [3.05, 3.63) is 72.6 Å². The van der Waals surface area contributed by atoms with Crippen LogP contribution in [0, 0.1) is 0 Å². The summed E-state index contributed by atoms with van der Waals surface area (Å²) in [5, 5.41) is 10.2. The summed E-state index contributed by atoms with van der Waals surface area (Å²) in [6.07, 6.45) is 2.22. The molecule has 1 unspecified atom stereocenters. The third kappa shape index (κ3) is 8.71.